The van der Waals surface area contributed by atoms with Crippen LogP contribution in [0.15, 0.2) is 18.2 Å². The van der Waals surface area contributed by atoms with E-state index in [2.05, 4.69) is 4.90 Å². The van der Waals surface area contributed by atoms with Crippen molar-refractivity contribution >= 4 is 11.7 Å². The average molecular weight is 289 g/mol. The van der Waals surface area contributed by atoms with Crippen LogP contribution in [0.2, 0.25) is 0 Å². The lowest BCUT2D eigenvalue weighted by Gasteiger charge is -2.51. The molecule has 1 spiro atoms. The summed E-state index contributed by atoms with van der Waals surface area (Å²) >= 11 is 0. The molecular formula is C17H23NO3. The van der Waals surface area contributed by atoms with Gasteiger partial charge in [-0.2, -0.15) is 0 Å². The fourth-order valence-electron chi connectivity index (χ4n) is 3.79. The van der Waals surface area contributed by atoms with Gasteiger partial charge in [0, 0.05) is 30.3 Å². The molecule has 114 valence electrons. The minimum atomic E-state index is -0.942. The van der Waals surface area contributed by atoms with Crippen molar-refractivity contribution < 1.29 is 14.6 Å². The molecule has 0 atom stereocenters. The molecule has 1 aliphatic carbocycles. The van der Waals surface area contributed by atoms with Crippen molar-refractivity contribution in [3.8, 4) is 5.75 Å². The summed E-state index contributed by atoms with van der Waals surface area (Å²) in [5.41, 5.74) is 1.81. The third kappa shape index (κ3) is 2.71. The van der Waals surface area contributed by atoms with Crippen molar-refractivity contribution in [2.45, 2.75) is 38.5 Å². The first-order chi connectivity index (χ1) is 10.1. The monoisotopic (exact) mass is 289 g/mol. The first kappa shape index (κ1) is 14.2. The number of carbonyl (C=O) groups is 1. The van der Waals surface area contributed by atoms with Gasteiger partial charge in [-0.3, -0.25) is 0 Å². The zero-order valence-corrected chi connectivity index (χ0v) is 12.6. The molecule has 21 heavy (non-hydrogen) atoms. The Balaban J connectivity index is 1.73. The molecular weight excluding hydrogens is 266 g/mol. The van der Waals surface area contributed by atoms with Gasteiger partial charge in [-0.05, 0) is 25.0 Å². The topological polar surface area (TPSA) is 49.8 Å². The second-order valence-electron chi connectivity index (χ2n) is 6.46. The van der Waals surface area contributed by atoms with E-state index in [0.29, 0.717) is 11.2 Å². The summed E-state index contributed by atoms with van der Waals surface area (Å²) in [5.74, 6) is -0.496. The van der Waals surface area contributed by atoms with E-state index >= 15 is 0 Å². The van der Waals surface area contributed by atoms with Crippen molar-refractivity contribution in [3.63, 3.8) is 0 Å². The Morgan fingerprint density at radius 1 is 1.19 bits per heavy atom. The van der Waals surface area contributed by atoms with Gasteiger partial charge in [0.15, 0.2) is 0 Å². The Kier molecular flexibility index (Phi) is 3.79. The number of anilines is 1. The van der Waals surface area contributed by atoms with E-state index in [1.54, 1.807) is 6.07 Å². The van der Waals surface area contributed by atoms with Crippen molar-refractivity contribution in [2.75, 3.05) is 25.1 Å². The number of ether oxygens (including phenoxy) is 1. The summed E-state index contributed by atoms with van der Waals surface area (Å²) in [4.78, 5) is 13.5. The van der Waals surface area contributed by atoms with Gasteiger partial charge in [0.25, 0.3) is 0 Å². The zero-order valence-electron chi connectivity index (χ0n) is 12.6. The summed E-state index contributed by atoms with van der Waals surface area (Å²) in [6.07, 6.45) is 8.15. The lowest BCUT2D eigenvalue weighted by Crippen LogP contribution is -2.56. The van der Waals surface area contributed by atoms with Crippen LogP contribution in [0.1, 0.15) is 48.9 Å². The number of hydrogen-bond acceptors (Lipinski definition) is 3. The molecule has 0 amide bonds. The number of carboxylic acids is 1. The summed E-state index contributed by atoms with van der Waals surface area (Å²) in [6, 6.07) is 5.40. The minimum Gasteiger partial charge on any atom is -0.496 e. The SMILES string of the molecule is COc1cc(N2CC3(CCCCCC3)C2)ccc1C(=O)O. The van der Waals surface area contributed by atoms with Crippen LogP contribution in [0, 0.1) is 5.41 Å². The van der Waals surface area contributed by atoms with E-state index in [0.717, 1.165) is 18.8 Å². The van der Waals surface area contributed by atoms with Crippen LogP contribution in [-0.2, 0) is 0 Å². The third-order valence-electron chi connectivity index (χ3n) is 5.00. The fourth-order valence-corrected chi connectivity index (χ4v) is 3.79. The van der Waals surface area contributed by atoms with E-state index in [4.69, 9.17) is 9.84 Å². The Morgan fingerprint density at radius 2 is 1.86 bits per heavy atom. The number of carboxylic acid groups (broad SMARTS) is 1. The molecule has 1 heterocycles. The molecule has 1 saturated carbocycles. The molecule has 4 heteroatoms. The predicted molar refractivity (Wildman–Crippen MR) is 82.3 cm³/mol. The highest BCUT2D eigenvalue weighted by Gasteiger charge is 2.42. The molecule has 1 N–H and O–H groups in total. The summed E-state index contributed by atoms with van der Waals surface area (Å²) < 4.78 is 5.22. The number of hydrogen-bond donors (Lipinski definition) is 1. The van der Waals surface area contributed by atoms with Gasteiger partial charge in [0.2, 0.25) is 0 Å². The van der Waals surface area contributed by atoms with E-state index in [9.17, 15) is 4.79 Å². The van der Waals surface area contributed by atoms with Gasteiger partial charge in [-0.15, -0.1) is 0 Å². The van der Waals surface area contributed by atoms with Crippen LogP contribution >= 0.6 is 0 Å². The molecule has 1 aromatic rings. The summed E-state index contributed by atoms with van der Waals surface area (Å²) in [5, 5.41) is 9.13. The van der Waals surface area contributed by atoms with Crippen molar-refractivity contribution in [2.24, 2.45) is 5.41 Å². The molecule has 1 aliphatic heterocycles. The molecule has 0 unspecified atom stereocenters. The van der Waals surface area contributed by atoms with E-state index in [1.165, 1.54) is 45.6 Å². The molecule has 3 rings (SSSR count). The fraction of sp³-hybridized carbons (Fsp3) is 0.588. The summed E-state index contributed by atoms with van der Waals surface area (Å²) in [7, 11) is 1.52. The van der Waals surface area contributed by atoms with Gasteiger partial charge in [-0.1, -0.05) is 25.7 Å². The van der Waals surface area contributed by atoms with Crippen LogP contribution < -0.4 is 9.64 Å². The number of rotatable bonds is 3. The largest absolute Gasteiger partial charge is 0.496 e. The minimum absolute atomic E-state index is 0.228. The smallest absolute Gasteiger partial charge is 0.339 e. The highest BCUT2D eigenvalue weighted by molar-refractivity contribution is 5.91. The average Bonchev–Trinajstić information content (AvgIpc) is 2.70. The Bertz CT molecular complexity index is 525. The number of nitrogens with zero attached hydrogens (tertiary/aromatic N) is 1. The van der Waals surface area contributed by atoms with E-state index in [1.807, 2.05) is 12.1 Å². The highest BCUT2D eigenvalue weighted by atomic mass is 16.5. The maximum Gasteiger partial charge on any atom is 0.339 e. The van der Waals surface area contributed by atoms with Crippen molar-refractivity contribution in [3.05, 3.63) is 23.8 Å². The maximum absolute atomic E-state index is 11.1. The second-order valence-corrected chi connectivity index (χ2v) is 6.46. The molecule has 0 aromatic heterocycles. The summed E-state index contributed by atoms with van der Waals surface area (Å²) in [6.45, 7) is 2.20. The number of aromatic carboxylic acids is 1. The highest BCUT2D eigenvalue weighted by Crippen LogP contribution is 2.45. The first-order valence-corrected chi connectivity index (χ1v) is 7.80. The van der Waals surface area contributed by atoms with Crippen molar-refractivity contribution in [1.82, 2.24) is 0 Å². The maximum atomic E-state index is 11.1. The van der Waals surface area contributed by atoms with Crippen LogP contribution in [0.3, 0.4) is 0 Å². The first-order valence-electron chi connectivity index (χ1n) is 7.80. The normalized spacial score (nSPS) is 20.7. The van der Waals surface area contributed by atoms with Crippen LogP contribution in [0.5, 0.6) is 5.75 Å². The van der Waals surface area contributed by atoms with Gasteiger partial charge < -0.3 is 14.7 Å². The van der Waals surface area contributed by atoms with Gasteiger partial charge in [-0.25, -0.2) is 4.79 Å². The molecule has 0 bridgehead atoms. The Labute approximate surface area is 125 Å². The molecule has 0 radical (unpaired) electrons. The van der Waals surface area contributed by atoms with Gasteiger partial charge in [0.05, 0.1) is 7.11 Å². The molecule has 2 fully saturated rings. The Morgan fingerprint density at radius 3 is 2.43 bits per heavy atom. The Hall–Kier alpha value is -1.71. The van der Waals surface area contributed by atoms with Crippen molar-refractivity contribution in [1.29, 1.82) is 0 Å². The van der Waals surface area contributed by atoms with Gasteiger partial charge in [0.1, 0.15) is 11.3 Å². The van der Waals surface area contributed by atoms with Crippen LogP contribution in [-0.4, -0.2) is 31.3 Å². The molecule has 2 aliphatic rings. The quantitative estimate of drug-likeness (QED) is 0.924. The molecule has 1 aromatic carbocycles. The lowest BCUT2D eigenvalue weighted by atomic mass is 9.73. The van der Waals surface area contributed by atoms with E-state index in [-0.39, 0.29) is 5.56 Å². The standard InChI is InChI=1S/C17H23NO3/c1-21-15-10-13(6-7-14(15)16(19)20)18-11-17(12-18)8-4-2-3-5-9-17/h6-7,10H,2-5,8-9,11-12H2,1H3,(H,19,20). The number of methoxy groups -OCH3 is 1. The second kappa shape index (κ2) is 5.58. The van der Waals surface area contributed by atoms with Crippen LogP contribution in [0.25, 0.3) is 0 Å². The lowest BCUT2D eigenvalue weighted by molar-refractivity contribution is 0.0693. The van der Waals surface area contributed by atoms with E-state index < -0.39 is 5.97 Å². The molecule has 1 saturated heterocycles. The van der Waals surface area contributed by atoms with Gasteiger partial charge >= 0.3 is 5.97 Å². The third-order valence-corrected chi connectivity index (χ3v) is 5.00. The molecule has 4 nitrogen and oxygen atoms in total. The van der Waals surface area contributed by atoms with Crippen LogP contribution in [0.4, 0.5) is 5.69 Å². The zero-order chi connectivity index (χ0) is 14.9. The number of benzene rings is 1. The predicted octanol–water partition coefficient (Wildman–Crippen LogP) is 3.55.